The standard InChI is InChI=1S/C14H19NO2/c1-5-17-14(16)9-7-12-6-8-13(15(3)4)10-11(12)2/h6-10H,5H2,1-4H3/b9-7+. The summed E-state index contributed by atoms with van der Waals surface area (Å²) in [5, 5.41) is 0. The Morgan fingerprint density at radius 2 is 2.12 bits per heavy atom. The molecule has 3 heteroatoms. The normalized spacial score (nSPS) is 10.6. The molecular weight excluding hydrogens is 214 g/mol. The van der Waals surface area contributed by atoms with Crippen molar-refractivity contribution in [3.63, 3.8) is 0 Å². The van der Waals surface area contributed by atoms with E-state index < -0.39 is 0 Å². The summed E-state index contributed by atoms with van der Waals surface area (Å²) in [5.41, 5.74) is 3.32. The SMILES string of the molecule is CCOC(=O)/C=C/c1ccc(N(C)C)cc1C. The molecule has 0 aliphatic rings. The highest BCUT2D eigenvalue weighted by Crippen LogP contribution is 2.18. The van der Waals surface area contributed by atoms with Gasteiger partial charge in [-0.1, -0.05) is 6.07 Å². The fraction of sp³-hybridized carbons (Fsp3) is 0.357. The number of carbonyl (C=O) groups is 1. The Kier molecular flexibility index (Phi) is 4.76. The second-order valence-electron chi connectivity index (χ2n) is 4.02. The van der Waals surface area contributed by atoms with Gasteiger partial charge in [0.15, 0.2) is 0 Å². The number of hydrogen-bond donors (Lipinski definition) is 0. The molecule has 1 rings (SSSR count). The molecule has 1 aromatic rings. The van der Waals surface area contributed by atoms with Crippen molar-refractivity contribution in [2.45, 2.75) is 13.8 Å². The molecule has 1 aromatic carbocycles. The highest BCUT2D eigenvalue weighted by atomic mass is 16.5. The van der Waals surface area contributed by atoms with Gasteiger partial charge in [0.2, 0.25) is 0 Å². The van der Waals surface area contributed by atoms with Crippen molar-refractivity contribution in [1.82, 2.24) is 0 Å². The highest BCUT2D eigenvalue weighted by Gasteiger charge is 2.00. The highest BCUT2D eigenvalue weighted by molar-refractivity contribution is 5.87. The van der Waals surface area contributed by atoms with Gasteiger partial charge >= 0.3 is 5.97 Å². The molecule has 0 spiro atoms. The molecule has 0 heterocycles. The topological polar surface area (TPSA) is 29.5 Å². The third-order valence-corrected chi connectivity index (χ3v) is 2.46. The van der Waals surface area contributed by atoms with E-state index in [1.165, 1.54) is 6.08 Å². The lowest BCUT2D eigenvalue weighted by Gasteiger charge is -2.13. The fourth-order valence-corrected chi connectivity index (χ4v) is 1.47. The number of benzene rings is 1. The van der Waals surface area contributed by atoms with Gasteiger partial charge in [0.25, 0.3) is 0 Å². The van der Waals surface area contributed by atoms with Gasteiger partial charge in [-0.25, -0.2) is 4.79 Å². The molecule has 0 aliphatic heterocycles. The van der Waals surface area contributed by atoms with Crippen LogP contribution in [0, 0.1) is 6.92 Å². The molecule has 0 atom stereocenters. The molecule has 0 saturated heterocycles. The van der Waals surface area contributed by atoms with E-state index in [4.69, 9.17) is 4.74 Å². The van der Waals surface area contributed by atoms with Gasteiger partial charge in [-0.3, -0.25) is 0 Å². The minimum absolute atomic E-state index is 0.302. The van der Waals surface area contributed by atoms with E-state index in [1.54, 1.807) is 13.0 Å². The molecule has 0 N–H and O–H groups in total. The lowest BCUT2D eigenvalue weighted by Crippen LogP contribution is -2.08. The zero-order valence-electron chi connectivity index (χ0n) is 10.9. The predicted octanol–water partition coefficient (Wildman–Crippen LogP) is 2.64. The van der Waals surface area contributed by atoms with Crippen LogP contribution in [0.15, 0.2) is 24.3 Å². The molecule has 0 fully saturated rings. The summed E-state index contributed by atoms with van der Waals surface area (Å²) in [5.74, 6) is -0.302. The Hall–Kier alpha value is -1.77. The summed E-state index contributed by atoms with van der Waals surface area (Å²) >= 11 is 0. The zero-order valence-corrected chi connectivity index (χ0v) is 10.9. The van der Waals surface area contributed by atoms with Crippen molar-refractivity contribution < 1.29 is 9.53 Å². The first-order valence-electron chi connectivity index (χ1n) is 5.67. The van der Waals surface area contributed by atoms with Gasteiger partial charge in [-0.2, -0.15) is 0 Å². The Morgan fingerprint density at radius 3 is 2.65 bits per heavy atom. The minimum Gasteiger partial charge on any atom is -0.463 e. The van der Waals surface area contributed by atoms with Crippen LogP contribution in [0.4, 0.5) is 5.69 Å². The monoisotopic (exact) mass is 233 g/mol. The van der Waals surface area contributed by atoms with Crippen LogP contribution in [0.1, 0.15) is 18.1 Å². The molecule has 0 radical (unpaired) electrons. The van der Waals surface area contributed by atoms with E-state index in [0.717, 1.165) is 16.8 Å². The maximum atomic E-state index is 11.2. The van der Waals surface area contributed by atoms with Crippen molar-refractivity contribution in [3.05, 3.63) is 35.4 Å². The van der Waals surface area contributed by atoms with Gasteiger partial charge < -0.3 is 9.64 Å². The fourth-order valence-electron chi connectivity index (χ4n) is 1.47. The summed E-state index contributed by atoms with van der Waals surface area (Å²) in [6.07, 6.45) is 3.24. The Bertz CT molecular complexity index is 422. The Labute approximate surface area is 103 Å². The van der Waals surface area contributed by atoms with Gasteiger partial charge in [0.1, 0.15) is 0 Å². The van der Waals surface area contributed by atoms with Crippen LogP contribution in [0.25, 0.3) is 6.08 Å². The number of nitrogens with zero attached hydrogens (tertiary/aromatic N) is 1. The second-order valence-corrected chi connectivity index (χ2v) is 4.02. The van der Waals surface area contributed by atoms with Gasteiger partial charge in [-0.15, -0.1) is 0 Å². The van der Waals surface area contributed by atoms with Crippen molar-refractivity contribution in [1.29, 1.82) is 0 Å². The summed E-state index contributed by atoms with van der Waals surface area (Å²) in [7, 11) is 4.01. The number of rotatable bonds is 4. The predicted molar refractivity (Wildman–Crippen MR) is 71.2 cm³/mol. The largest absolute Gasteiger partial charge is 0.463 e. The van der Waals surface area contributed by atoms with Crippen LogP contribution in [0.5, 0.6) is 0 Å². The second kappa shape index (κ2) is 6.09. The maximum Gasteiger partial charge on any atom is 0.330 e. The van der Waals surface area contributed by atoms with E-state index >= 15 is 0 Å². The first-order chi connectivity index (χ1) is 8.04. The van der Waals surface area contributed by atoms with Crippen molar-refractivity contribution in [3.8, 4) is 0 Å². The molecule has 0 bridgehead atoms. The smallest absolute Gasteiger partial charge is 0.330 e. The molecule has 0 unspecified atom stereocenters. The van der Waals surface area contributed by atoms with E-state index in [1.807, 2.05) is 38.1 Å². The van der Waals surface area contributed by atoms with Gasteiger partial charge in [-0.05, 0) is 43.2 Å². The van der Waals surface area contributed by atoms with E-state index in [-0.39, 0.29) is 5.97 Å². The average molecular weight is 233 g/mol. The van der Waals surface area contributed by atoms with E-state index in [9.17, 15) is 4.79 Å². The summed E-state index contributed by atoms with van der Waals surface area (Å²) in [4.78, 5) is 13.2. The summed E-state index contributed by atoms with van der Waals surface area (Å²) < 4.78 is 4.83. The van der Waals surface area contributed by atoms with Crippen molar-refractivity contribution >= 4 is 17.7 Å². The lowest BCUT2D eigenvalue weighted by molar-refractivity contribution is -0.137. The third kappa shape index (κ3) is 3.94. The number of esters is 1. The van der Waals surface area contributed by atoms with Gasteiger partial charge in [0.05, 0.1) is 6.61 Å². The molecule has 3 nitrogen and oxygen atoms in total. The van der Waals surface area contributed by atoms with Crippen LogP contribution in [-0.4, -0.2) is 26.7 Å². The molecule has 17 heavy (non-hydrogen) atoms. The molecule has 0 saturated carbocycles. The summed E-state index contributed by atoms with van der Waals surface area (Å²) in [6.45, 7) is 4.22. The van der Waals surface area contributed by atoms with Crippen LogP contribution in [0.3, 0.4) is 0 Å². The van der Waals surface area contributed by atoms with E-state index in [0.29, 0.717) is 6.61 Å². The molecule has 0 aromatic heterocycles. The van der Waals surface area contributed by atoms with Gasteiger partial charge in [0, 0.05) is 25.9 Å². The molecular formula is C14H19NO2. The third-order valence-electron chi connectivity index (χ3n) is 2.46. The number of aryl methyl sites for hydroxylation is 1. The Balaban J connectivity index is 2.82. The number of ether oxygens (including phenoxy) is 1. The number of carbonyl (C=O) groups excluding carboxylic acids is 1. The van der Waals surface area contributed by atoms with Crippen molar-refractivity contribution in [2.24, 2.45) is 0 Å². The van der Waals surface area contributed by atoms with Crippen molar-refractivity contribution in [2.75, 3.05) is 25.6 Å². The lowest BCUT2D eigenvalue weighted by atomic mass is 10.1. The maximum absolute atomic E-state index is 11.2. The first-order valence-corrected chi connectivity index (χ1v) is 5.67. The molecule has 92 valence electrons. The zero-order chi connectivity index (χ0) is 12.8. The molecule has 0 aliphatic carbocycles. The Morgan fingerprint density at radius 1 is 1.41 bits per heavy atom. The first kappa shape index (κ1) is 13.3. The number of hydrogen-bond acceptors (Lipinski definition) is 3. The average Bonchev–Trinajstić information content (AvgIpc) is 2.27. The van der Waals surface area contributed by atoms with Crippen LogP contribution in [0.2, 0.25) is 0 Å². The molecule has 0 amide bonds. The van der Waals surface area contributed by atoms with Crippen LogP contribution in [-0.2, 0) is 9.53 Å². The minimum atomic E-state index is -0.302. The van der Waals surface area contributed by atoms with Crippen LogP contribution < -0.4 is 4.90 Å². The van der Waals surface area contributed by atoms with E-state index in [2.05, 4.69) is 6.07 Å². The summed E-state index contributed by atoms with van der Waals surface area (Å²) in [6, 6.07) is 6.11. The quantitative estimate of drug-likeness (QED) is 0.591. The van der Waals surface area contributed by atoms with Crippen LogP contribution >= 0.6 is 0 Å². The number of anilines is 1.